The van der Waals surface area contributed by atoms with Gasteiger partial charge in [0.1, 0.15) is 0 Å². The van der Waals surface area contributed by atoms with E-state index in [2.05, 4.69) is 39.5 Å². The number of fused-ring (bicyclic) bond motifs is 3. The Balaban J connectivity index is 0.00000157. The Labute approximate surface area is 168 Å². The molecule has 4 heteroatoms. The van der Waals surface area contributed by atoms with Crippen LogP contribution < -0.4 is 5.32 Å². The molecule has 3 aliphatic carbocycles. The third-order valence-corrected chi connectivity index (χ3v) is 7.35. The van der Waals surface area contributed by atoms with E-state index in [1.165, 1.54) is 51.6 Å². The number of halogens is 1. The number of hydrogen-bond donors (Lipinski definition) is 1. The highest BCUT2D eigenvalue weighted by atomic mass is 127. The molecule has 25 heavy (non-hydrogen) atoms. The van der Waals surface area contributed by atoms with Crippen LogP contribution in [-0.2, 0) is 6.42 Å². The van der Waals surface area contributed by atoms with Crippen LogP contribution in [-0.4, -0.2) is 37.5 Å². The number of hydrogen-bond acceptors (Lipinski definition) is 1. The van der Waals surface area contributed by atoms with Crippen molar-refractivity contribution in [3.63, 3.8) is 0 Å². The van der Waals surface area contributed by atoms with Gasteiger partial charge in [0.05, 0.1) is 0 Å². The molecule has 136 valence electrons. The summed E-state index contributed by atoms with van der Waals surface area (Å²) in [6.45, 7) is 3.52. The van der Waals surface area contributed by atoms with Gasteiger partial charge in [0, 0.05) is 26.7 Å². The van der Waals surface area contributed by atoms with Crippen LogP contribution in [0.15, 0.2) is 29.3 Å². The molecule has 1 saturated heterocycles. The maximum absolute atomic E-state index is 4.59. The van der Waals surface area contributed by atoms with Crippen LogP contribution in [0.5, 0.6) is 0 Å². The standard InChI is InChI=1S/C21H29N3.HI/c1-22-20(24-12-11-21(14-24)9-4-10-21)23-13-18-17-8-7-15-5-2-3-6-16(15)19(17)18;/h2-3,5-6,17-19H,4,7-14H2,1H3,(H,22,23);1H. The van der Waals surface area contributed by atoms with Crippen LogP contribution in [0.4, 0.5) is 0 Å². The fourth-order valence-corrected chi connectivity index (χ4v) is 5.73. The highest BCUT2D eigenvalue weighted by molar-refractivity contribution is 14.0. The first-order valence-electron chi connectivity index (χ1n) is 9.83. The lowest BCUT2D eigenvalue weighted by Crippen LogP contribution is -2.43. The summed E-state index contributed by atoms with van der Waals surface area (Å²) in [7, 11) is 1.95. The van der Waals surface area contributed by atoms with Gasteiger partial charge in [0.15, 0.2) is 5.96 Å². The quantitative estimate of drug-likeness (QED) is 0.418. The molecule has 3 fully saturated rings. The predicted octanol–water partition coefficient (Wildman–Crippen LogP) is 4.03. The second-order valence-electron chi connectivity index (χ2n) is 8.54. The van der Waals surface area contributed by atoms with Crippen LogP contribution in [0, 0.1) is 17.3 Å². The van der Waals surface area contributed by atoms with Crippen LogP contribution >= 0.6 is 24.0 Å². The third kappa shape index (κ3) is 2.98. The Hall–Kier alpha value is -0.780. The number of aliphatic imine (C=N–C) groups is 1. The fourth-order valence-electron chi connectivity index (χ4n) is 5.73. The smallest absolute Gasteiger partial charge is 0.193 e. The molecule has 0 amide bonds. The van der Waals surface area contributed by atoms with Crippen molar-refractivity contribution in [3.8, 4) is 0 Å². The van der Waals surface area contributed by atoms with Gasteiger partial charge in [0.2, 0.25) is 0 Å². The van der Waals surface area contributed by atoms with Gasteiger partial charge in [-0.05, 0) is 66.4 Å². The molecule has 3 unspecified atom stereocenters. The minimum atomic E-state index is 0. The first-order chi connectivity index (χ1) is 11.8. The van der Waals surface area contributed by atoms with E-state index >= 15 is 0 Å². The van der Waals surface area contributed by atoms with Crippen molar-refractivity contribution < 1.29 is 0 Å². The molecule has 1 heterocycles. The summed E-state index contributed by atoms with van der Waals surface area (Å²) >= 11 is 0. The number of benzene rings is 1. The van der Waals surface area contributed by atoms with E-state index < -0.39 is 0 Å². The van der Waals surface area contributed by atoms with Gasteiger partial charge in [-0.2, -0.15) is 0 Å². The van der Waals surface area contributed by atoms with Gasteiger partial charge in [-0.15, -0.1) is 24.0 Å². The minimum Gasteiger partial charge on any atom is -0.356 e. The topological polar surface area (TPSA) is 27.6 Å². The molecule has 3 nitrogen and oxygen atoms in total. The van der Waals surface area contributed by atoms with E-state index in [-0.39, 0.29) is 24.0 Å². The molecule has 3 atom stereocenters. The van der Waals surface area contributed by atoms with Gasteiger partial charge in [-0.1, -0.05) is 30.7 Å². The van der Waals surface area contributed by atoms with Gasteiger partial charge >= 0.3 is 0 Å². The zero-order valence-electron chi connectivity index (χ0n) is 15.2. The normalized spacial score (nSPS) is 31.6. The number of aryl methyl sites for hydroxylation is 1. The van der Waals surface area contributed by atoms with Crippen LogP contribution in [0.3, 0.4) is 0 Å². The van der Waals surface area contributed by atoms with Crippen LogP contribution in [0.25, 0.3) is 0 Å². The summed E-state index contributed by atoms with van der Waals surface area (Å²) in [4.78, 5) is 7.10. The average Bonchev–Trinajstić information content (AvgIpc) is 3.10. The number of likely N-dealkylation sites (tertiary alicyclic amines) is 1. The Morgan fingerprint density at radius 1 is 1.28 bits per heavy atom. The zero-order chi connectivity index (χ0) is 16.1. The second kappa shape index (κ2) is 6.75. The van der Waals surface area contributed by atoms with Crippen molar-refractivity contribution in [2.24, 2.45) is 22.2 Å². The van der Waals surface area contributed by atoms with E-state index in [0.717, 1.165) is 30.3 Å². The monoisotopic (exact) mass is 451 g/mol. The SMILES string of the molecule is CN=C(NCC1C2CCc3ccccc3C21)N1CCC2(CCC2)C1.I. The molecule has 1 spiro atoms. The molecule has 4 aliphatic rings. The van der Waals surface area contributed by atoms with E-state index in [4.69, 9.17) is 0 Å². The van der Waals surface area contributed by atoms with E-state index in [1.54, 1.807) is 11.1 Å². The number of rotatable bonds is 2. The molecule has 1 aromatic carbocycles. The van der Waals surface area contributed by atoms with E-state index in [9.17, 15) is 0 Å². The average molecular weight is 451 g/mol. The lowest BCUT2D eigenvalue weighted by molar-refractivity contribution is 0.151. The largest absolute Gasteiger partial charge is 0.356 e. The third-order valence-electron chi connectivity index (χ3n) is 7.35. The highest BCUT2D eigenvalue weighted by Crippen LogP contribution is 2.59. The molecule has 0 radical (unpaired) electrons. The maximum atomic E-state index is 4.59. The van der Waals surface area contributed by atoms with Gasteiger partial charge in [-0.3, -0.25) is 4.99 Å². The summed E-state index contributed by atoms with van der Waals surface area (Å²) in [6, 6.07) is 9.10. The molecular weight excluding hydrogens is 421 g/mol. The molecule has 5 rings (SSSR count). The molecule has 1 aliphatic heterocycles. The first kappa shape index (κ1) is 17.6. The van der Waals surface area contributed by atoms with Crippen molar-refractivity contribution in [2.45, 2.75) is 44.4 Å². The number of nitrogens with zero attached hydrogens (tertiary/aromatic N) is 2. The summed E-state index contributed by atoms with van der Waals surface area (Å²) < 4.78 is 0. The molecule has 0 bridgehead atoms. The van der Waals surface area contributed by atoms with Crippen molar-refractivity contribution in [1.82, 2.24) is 10.2 Å². The zero-order valence-corrected chi connectivity index (χ0v) is 17.5. The van der Waals surface area contributed by atoms with Gasteiger partial charge in [-0.25, -0.2) is 0 Å². The number of guanidine groups is 1. The number of nitrogens with one attached hydrogen (secondary N) is 1. The molecule has 2 saturated carbocycles. The van der Waals surface area contributed by atoms with Crippen LogP contribution in [0.2, 0.25) is 0 Å². The van der Waals surface area contributed by atoms with E-state index in [0.29, 0.717) is 5.41 Å². The van der Waals surface area contributed by atoms with Crippen molar-refractivity contribution in [2.75, 3.05) is 26.7 Å². The van der Waals surface area contributed by atoms with Crippen molar-refractivity contribution in [3.05, 3.63) is 35.4 Å². The van der Waals surface area contributed by atoms with Gasteiger partial charge < -0.3 is 10.2 Å². The Bertz CT molecular complexity index is 667. The van der Waals surface area contributed by atoms with E-state index in [1.807, 2.05) is 7.05 Å². The summed E-state index contributed by atoms with van der Waals surface area (Å²) in [5, 5.41) is 3.72. The van der Waals surface area contributed by atoms with Gasteiger partial charge in [0.25, 0.3) is 0 Å². The molecular formula is C21H30IN3. The first-order valence-corrected chi connectivity index (χ1v) is 9.83. The molecule has 1 N–H and O–H groups in total. The molecule has 0 aromatic heterocycles. The summed E-state index contributed by atoms with van der Waals surface area (Å²) in [6.07, 6.45) is 8.32. The Kier molecular flexibility index (Phi) is 4.76. The van der Waals surface area contributed by atoms with Crippen molar-refractivity contribution >= 4 is 29.9 Å². The summed E-state index contributed by atoms with van der Waals surface area (Å²) in [5.74, 6) is 3.67. The maximum Gasteiger partial charge on any atom is 0.193 e. The second-order valence-corrected chi connectivity index (χ2v) is 8.54. The van der Waals surface area contributed by atoms with Crippen molar-refractivity contribution in [1.29, 1.82) is 0 Å². The molecule has 1 aromatic rings. The lowest BCUT2D eigenvalue weighted by Gasteiger charge is -2.38. The van der Waals surface area contributed by atoms with Crippen LogP contribution in [0.1, 0.15) is 49.1 Å². The Morgan fingerprint density at radius 2 is 2.12 bits per heavy atom. The highest BCUT2D eigenvalue weighted by Gasteiger charge is 2.52. The minimum absolute atomic E-state index is 0. The Morgan fingerprint density at radius 3 is 2.84 bits per heavy atom. The summed E-state index contributed by atoms with van der Waals surface area (Å²) in [5.41, 5.74) is 3.87. The predicted molar refractivity (Wildman–Crippen MR) is 114 cm³/mol. The fraction of sp³-hybridized carbons (Fsp3) is 0.667. The lowest BCUT2D eigenvalue weighted by atomic mass is 9.68.